The lowest BCUT2D eigenvalue weighted by Crippen LogP contribution is -2.49. The van der Waals surface area contributed by atoms with Crippen LogP contribution in [0.3, 0.4) is 0 Å². The molecule has 0 unspecified atom stereocenters. The lowest BCUT2D eigenvalue weighted by molar-refractivity contribution is -0.133. The molecule has 1 aliphatic heterocycles. The summed E-state index contributed by atoms with van der Waals surface area (Å²) in [5, 5.41) is 6.51. The Balaban J connectivity index is 1.16. The van der Waals surface area contributed by atoms with Gasteiger partial charge in [0.2, 0.25) is 11.8 Å². The third-order valence-electron chi connectivity index (χ3n) is 5.66. The van der Waals surface area contributed by atoms with E-state index in [1.165, 1.54) is 5.56 Å². The normalized spacial score (nSPS) is 13.7. The number of hydrogen-bond donors (Lipinski definition) is 1. The molecule has 1 aromatic heterocycles. The van der Waals surface area contributed by atoms with Gasteiger partial charge in [0.05, 0.1) is 22.9 Å². The Morgan fingerprint density at radius 1 is 0.970 bits per heavy atom. The Hall–Kier alpha value is -2.90. The highest BCUT2D eigenvalue weighted by Gasteiger charge is 2.22. The van der Waals surface area contributed by atoms with Gasteiger partial charge in [-0.15, -0.1) is 11.3 Å². The second-order valence-electron chi connectivity index (χ2n) is 7.99. The van der Waals surface area contributed by atoms with Crippen LogP contribution in [-0.4, -0.2) is 47.9 Å². The molecule has 8 heteroatoms. The lowest BCUT2D eigenvalue weighted by Gasteiger charge is -2.36. The number of piperazine rings is 1. The summed E-state index contributed by atoms with van der Waals surface area (Å²) in [4.78, 5) is 33.4. The average molecular weight is 483 g/mol. The maximum Gasteiger partial charge on any atom is 0.223 e. The van der Waals surface area contributed by atoms with Crippen molar-refractivity contribution in [2.45, 2.75) is 25.8 Å². The Morgan fingerprint density at radius 2 is 1.70 bits per heavy atom. The maximum atomic E-state index is 12.6. The highest BCUT2D eigenvalue weighted by Crippen LogP contribution is 2.26. The number of hydrogen-bond acceptors (Lipinski definition) is 5. The zero-order chi connectivity index (χ0) is 23.0. The Labute approximate surface area is 203 Å². The van der Waals surface area contributed by atoms with Gasteiger partial charge in [-0.3, -0.25) is 9.59 Å². The standard InChI is InChI=1S/C25H27ClN4O2S/c26-21-8-4-5-9-22(21)29-12-14-30(15-13-29)25(32)11-10-23(31)27-17-24-28-20(18-33-24)16-19-6-2-1-3-7-19/h1-9,18H,10-17H2,(H,27,31). The molecule has 0 aliphatic carbocycles. The van der Waals surface area contributed by atoms with Crippen molar-refractivity contribution in [1.29, 1.82) is 0 Å². The van der Waals surface area contributed by atoms with E-state index >= 15 is 0 Å². The zero-order valence-electron chi connectivity index (χ0n) is 18.4. The molecule has 1 fully saturated rings. The second kappa shape index (κ2) is 11.3. The Morgan fingerprint density at radius 3 is 2.45 bits per heavy atom. The van der Waals surface area contributed by atoms with Crippen molar-refractivity contribution < 1.29 is 9.59 Å². The molecular formula is C25H27ClN4O2S. The number of amides is 2. The maximum absolute atomic E-state index is 12.6. The van der Waals surface area contributed by atoms with Crippen molar-refractivity contribution in [3.05, 3.63) is 81.3 Å². The molecule has 1 N–H and O–H groups in total. The molecular weight excluding hydrogens is 456 g/mol. The average Bonchev–Trinajstić information content (AvgIpc) is 3.29. The number of para-hydroxylation sites is 1. The number of halogens is 1. The Bertz CT molecular complexity index is 1080. The van der Waals surface area contributed by atoms with Gasteiger partial charge < -0.3 is 15.1 Å². The first-order valence-electron chi connectivity index (χ1n) is 11.1. The highest BCUT2D eigenvalue weighted by atomic mass is 35.5. The fourth-order valence-electron chi connectivity index (χ4n) is 3.86. The van der Waals surface area contributed by atoms with Crippen LogP contribution < -0.4 is 10.2 Å². The van der Waals surface area contributed by atoms with Gasteiger partial charge in [-0.05, 0) is 17.7 Å². The molecule has 0 spiro atoms. The van der Waals surface area contributed by atoms with Crippen LogP contribution in [0.5, 0.6) is 0 Å². The fraction of sp³-hybridized carbons (Fsp3) is 0.320. The summed E-state index contributed by atoms with van der Waals surface area (Å²) in [6.07, 6.45) is 1.18. The van der Waals surface area contributed by atoms with E-state index in [1.54, 1.807) is 11.3 Å². The molecule has 1 aliphatic rings. The van der Waals surface area contributed by atoms with Gasteiger partial charge in [0.15, 0.2) is 0 Å². The molecule has 0 atom stereocenters. The summed E-state index contributed by atoms with van der Waals surface area (Å²) < 4.78 is 0. The number of rotatable bonds is 8. The lowest BCUT2D eigenvalue weighted by atomic mass is 10.1. The molecule has 1 saturated heterocycles. The summed E-state index contributed by atoms with van der Waals surface area (Å²) in [6.45, 7) is 3.13. The molecule has 0 bridgehead atoms. The van der Waals surface area contributed by atoms with Crippen LogP contribution >= 0.6 is 22.9 Å². The number of nitrogens with zero attached hydrogens (tertiary/aromatic N) is 3. The van der Waals surface area contributed by atoms with E-state index in [-0.39, 0.29) is 24.7 Å². The number of anilines is 1. The molecule has 3 aromatic rings. The number of benzene rings is 2. The monoisotopic (exact) mass is 482 g/mol. The van der Waals surface area contributed by atoms with Gasteiger partial charge >= 0.3 is 0 Å². The van der Waals surface area contributed by atoms with Crippen LogP contribution in [0.15, 0.2) is 60.0 Å². The number of carbonyl (C=O) groups is 2. The predicted octanol–water partition coefficient (Wildman–Crippen LogP) is 4.13. The van der Waals surface area contributed by atoms with Crippen LogP contribution in [0, 0.1) is 0 Å². The predicted molar refractivity (Wildman–Crippen MR) is 133 cm³/mol. The van der Waals surface area contributed by atoms with Crippen LogP contribution in [0.25, 0.3) is 0 Å². The molecule has 0 radical (unpaired) electrons. The molecule has 33 heavy (non-hydrogen) atoms. The van der Waals surface area contributed by atoms with Crippen molar-refractivity contribution in [2.75, 3.05) is 31.1 Å². The summed E-state index contributed by atoms with van der Waals surface area (Å²) in [7, 11) is 0. The second-order valence-corrected chi connectivity index (χ2v) is 9.34. The van der Waals surface area contributed by atoms with E-state index in [4.69, 9.17) is 11.6 Å². The first-order valence-corrected chi connectivity index (χ1v) is 12.4. The number of thiazole rings is 1. The molecule has 2 amide bonds. The highest BCUT2D eigenvalue weighted by molar-refractivity contribution is 7.09. The van der Waals surface area contributed by atoms with Gasteiger partial charge in [-0.25, -0.2) is 4.98 Å². The summed E-state index contributed by atoms with van der Waals surface area (Å²) in [5.74, 6) is -0.110. The van der Waals surface area contributed by atoms with Gasteiger partial charge in [-0.1, -0.05) is 54.1 Å². The third kappa shape index (κ3) is 6.55. The number of aromatic nitrogens is 1. The molecule has 6 nitrogen and oxygen atoms in total. The van der Waals surface area contributed by atoms with E-state index in [9.17, 15) is 9.59 Å². The summed E-state index contributed by atoms with van der Waals surface area (Å²) >= 11 is 7.82. The third-order valence-corrected chi connectivity index (χ3v) is 6.87. The van der Waals surface area contributed by atoms with Crippen molar-refractivity contribution >= 4 is 40.4 Å². The fourth-order valence-corrected chi connectivity index (χ4v) is 4.85. The van der Waals surface area contributed by atoms with E-state index in [0.717, 1.165) is 40.9 Å². The van der Waals surface area contributed by atoms with E-state index < -0.39 is 0 Å². The SMILES string of the molecule is O=C(CCC(=O)N1CCN(c2ccccc2Cl)CC1)NCc1nc(Cc2ccccc2)cs1. The van der Waals surface area contributed by atoms with Gasteiger partial charge in [0.25, 0.3) is 0 Å². The summed E-state index contributed by atoms with van der Waals surface area (Å²) in [6, 6.07) is 17.9. The topological polar surface area (TPSA) is 65.5 Å². The summed E-state index contributed by atoms with van der Waals surface area (Å²) in [5.41, 5.74) is 3.21. The molecule has 172 valence electrons. The molecule has 2 heterocycles. The van der Waals surface area contributed by atoms with Crippen LogP contribution in [0.4, 0.5) is 5.69 Å². The van der Waals surface area contributed by atoms with Crippen molar-refractivity contribution in [2.24, 2.45) is 0 Å². The van der Waals surface area contributed by atoms with Gasteiger partial charge in [0, 0.05) is 50.8 Å². The van der Waals surface area contributed by atoms with Crippen LogP contribution in [0.1, 0.15) is 29.1 Å². The zero-order valence-corrected chi connectivity index (χ0v) is 19.9. The van der Waals surface area contributed by atoms with Crippen molar-refractivity contribution in [3.8, 4) is 0 Å². The first kappa shape index (κ1) is 23.3. The van der Waals surface area contributed by atoms with E-state index in [0.29, 0.717) is 19.6 Å². The molecule has 0 saturated carbocycles. The number of nitrogens with one attached hydrogen (secondary N) is 1. The first-order chi connectivity index (χ1) is 16.1. The Kier molecular flexibility index (Phi) is 7.96. The molecule has 2 aromatic carbocycles. The van der Waals surface area contributed by atoms with Crippen molar-refractivity contribution in [3.63, 3.8) is 0 Å². The van der Waals surface area contributed by atoms with Gasteiger partial charge in [0.1, 0.15) is 5.01 Å². The van der Waals surface area contributed by atoms with Gasteiger partial charge in [-0.2, -0.15) is 0 Å². The molecule has 4 rings (SSSR count). The van der Waals surface area contributed by atoms with Crippen molar-refractivity contribution in [1.82, 2.24) is 15.2 Å². The smallest absolute Gasteiger partial charge is 0.223 e. The minimum atomic E-state index is -0.127. The van der Waals surface area contributed by atoms with Crippen LogP contribution in [0.2, 0.25) is 5.02 Å². The van der Waals surface area contributed by atoms with Crippen LogP contribution in [-0.2, 0) is 22.6 Å². The quantitative estimate of drug-likeness (QED) is 0.524. The minimum absolute atomic E-state index is 0.0170. The number of carbonyl (C=O) groups excluding carboxylic acids is 2. The van der Waals surface area contributed by atoms with E-state index in [1.807, 2.05) is 52.7 Å². The largest absolute Gasteiger partial charge is 0.367 e. The minimum Gasteiger partial charge on any atom is -0.367 e. The van der Waals surface area contributed by atoms with E-state index in [2.05, 4.69) is 27.3 Å².